The molecule has 4 unspecified atom stereocenters. The highest BCUT2D eigenvalue weighted by molar-refractivity contribution is 8.00. The molecule has 0 saturated carbocycles. The van der Waals surface area contributed by atoms with Gasteiger partial charge < -0.3 is 9.80 Å². The number of ketones is 2. The molecule has 8 aromatic carbocycles. The molecule has 68 heavy (non-hydrogen) atoms. The number of rotatable bonds is 6. The van der Waals surface area contributed by atoms with Crippen molar-refractivity contribution in [3.8, 4) is 44.5 Å². The Morgan fingerprint density at radius 3 is 1.15 bits per heavy atom. The summed E-state index contributed by atoms with van der Waals surface area (Å²) >= 11 is 3.82. The second-order valence-corrected chi connectivity index (χ2v) is 20.2. The van der Waals surface area contributed by atoms with E-state index in [-0.39, 0.29) is 34.2 Å². The number of benzene rings is 8. The van der Waals surface area contributed by atoms with E-state index in [1.165, 1.54) is 21.2 Å². The maximum atomic E-state index is 14.4. The van der Waals surface area contributed by atoms with Crippen LogP contribution in [0.5, 0.6) is 0 Å². The number of carbonyl (C=O) groups excluding carboxylic acids is 2. The van der Waals surface area contributed by atoms with Crippen LogP contribution in [0, 0.1) is 0 Å². The predicted octanol–water partition coefficient (Wildman–Crippen LogP) is 15.3. The number of hydrogen-bond acceptors (Lipinski definition) is 6. The van der Waals surface area contributed by atoms with Crippen LogP contribution < -0.4 is 9.80 Å². The van der Waals surface area contributed by atoms with E-state index in [0.29, 0.717) is 22.3 Å². The predicted molar refractivity (Wildman–Crippen MR) is 282 cm³/mol. The van der Waals surface area contributed by atoms with E-state index in [1.54, 1.807) is 0 Å². The minimum Gasteiger partial charge on any atom is -0.332 e. The fraction of sp³-hybridized carbons (Fsp3) is 0.0645. The summed E-state index contributed by atoms with van der Waals surface area (Å²) in [4.78, 5) is 36.3. The zero-order valence-corrected chi connectivity index (χ0v) is 38.4. The minimum absolute atomic E-state index is 0.0314. The van der Waals surface area contributed by atoms with E-state index in [9.17, 15) is 9.59 Å². The molecule has 2 heterocycles. The van der Waals surface area contributed by atoms with Gasteiger partial charge in [-0.05, 0) is 105 Å². The van der Waals surface area contributed by atoms with Gasteiger partial charge in [0.1, 0.15) is 0 Å². The SMILES string of the molecule is O=C(c1ccccc1)c1ccc2c(c1)-c1cc(N3c4ccccc4SC4C=CC=CC43)ccc1-c1ccc(N3c4ccccc4SC4C=CC=CC43)cc1-c1cc(C(=O)c3ccccc3)ccc1-2. The van der Waals surface area contributed by atoms with Gasteiger partial charge in [0.15, 0.2) is 11.6 Å². The zero-order valence-electron chi connectivity index (χ0n) is 36.8. The van der Waals surface area contributed by atoms with Crippen LogP contribution in [0.2, 0.25) is 0 Å². The zero-order chi connectivity index (χ0) is 45.3. The molecule has 4 atom stereocenters. The Balaban J connectivity index is 1.08. The molecule has 0 saturated heterocycles. The first-order chi connectivity index (χ1) is 33.6. The first-order valence-electron chi connectivity index (χ1n) is 23.1. The summed E-state index contributed by atoms with van der Waals surface area (Å²) in [5, 5.41) is 0.482. The lowest BCUT2D eigenvalue weighted by molar-refractivity contribution is 0.103. The molecule has 8 aromatic rings. The van der Waals surface area contributed by atoms with Crippen molar-refractivity contribution in [1.82, 2.24) is 0 Å². The highest BCUT2D eigenvalue weighted by atomic mass is 32.2. The molecule has 0 radical (unpaired) electrons. The third kappa shape index (κ3) is 6.77. The Hall–Kier alpha value is -7.64. The quantitative estimate of drug-likeness (QED) is 0.155. The van der Waals surface area contributed by atoms with Crippen molar-refractivity contribution in [2.45, 2.75) is 32.4 Å². The van der Waals surface area contributed by atoms with Crippen LogP contribution >= 0.6 is 23.5 Å². The minimum atomic E-state index is -0.0314. The van der Waals surface area contributed by atoms with Gasteiger partial charge in [0.2, 0.25) is 0 Å². The monoisotopic (exact) mass is 910 g/mol. The van der Waals surface area contributed by atoms with E-state index in [2.05, 4.69) is 168 Å². The van der Waals surface area contributed by atoms with Gasteiger partial charge in [0, 0.05) is 43.4 Å². The highest BCUT2D eigenvalue weighted by Crippen LogP contribution is 2.54. The maximum absolute atomic E-state index is 14.4. The summed E-state index contributed by atoms with van der Waals surface area (Å²) in [5.74, 6) is -0.0628. The molecule has 4 nitrogen and oxygen atoms in total. The van der Waals surface area contributed by atoms with Gasteiger partial charge in [-0.25, -0.2) is 0 Å². The molecule has 0 spiro atoms. The average Bonchev–Trinajstić information content (AvgIpc) is 3.40. The van der Waals surface area contributed by atoms with Crippen LogP contribution in [-0.4, -0.2) is 34.2 Å². The molecule has 5 aliphatic rings. The van der Waals surface area contributed by atoms with Crippen molar-refractivity contribution < 1.29 is 9.59 Å². The van der Waals surface area contributed by atoms with Gasteiger partial charge in [-0.2, -0.15) is 0 Å². The summed E-state index contributed by atoms with van der Waals surface area (Å²) in [6.07, 6.45) is 17.9. The van der Waals surface area contributed by atoms with E-state index in [1.807, 2.05) is 96.3 Å². The Morgan fingerprint density at radius 1 is 0.338 bits per heavy atom. The molecule has 0 amide bonds. The van der Waals surface area contributed by atoms with Crippen molar-refractivity contribution >= 4 is 57.8 Å². The summed E-state index contributed by atoms with van der Waals surface area (Å²) < 4.78 is 0. The first kappa shape index (κ1) is 40.6. The lowest BCUT2D eigenvalue weighted by Crippen LogP contribution is -2.41. The molecular weight excluding hydrogens is 869 g/mol. The molecule has 13 rings (SSSR count). The number of carbonyl (C=O) groups is 2. The van der Waals surface area contributed by atoms with E-state index < -0.39 is 0 Å². The van der Waals surface area contributed by atoms with Gasteiger partial charge in [0.25, 0.3) is 0 Å². The number of nitrogens with zero attached hydrogens (tertiary/aromatic N) is 2. The van der Waals surface area contributed by atoms with Crippen molar-refractivity contribution in [1.29, 1.82) is 0 Å². The Morgan fingerprint density at radius 2 is 0.706 bits per heavy atom. The molecule has 0 aromatic heterocycles. The lowest BCUT2D eigenvalue weighted by atomic mass is 9.79. The van der Waals surface area contributed by atoms with E-state index in [4.69, 9.17) is 0 Å². The van der Waals surface area contributed by atoms with Crippen molar-refractivity contribution in [3.05, 3.63) is 253 Å². The fourth-order valence-electron chi connectivity index (χ4n) is 10.7. The Labute approximate surface area is 404 Å². The largest absolute Gasteiger partial charge is 0.332 e. The van der Waals surface area contributed by atoms with Crippen molar-refractivity contribution in [3.63, 3.8) is 0 Å². The summed E-state index contributed by atoms with van der Waals surface area (Å²) in [6.45, 7) is 0. The normalized spacial score (nSPS) is 18.9. The first-order valence-corrected chi connectivity index (χ1v) is 24.9. The molecule has 324 valence electrons. The summed E-state index contributed by atoms with van der Waals surface area (Å²) in [6, 6.07) is 62.8. The molecule has 3 aliphatic carbocycles. The van der Waals surface area contributed by atoms with Crippen LogP contribution in [0.25, 0.3) is 44.5 Å². The van der Waals surface area contributed by atoms with Crippen LogP contribution in [-0.2, 0) is 0 Å². The van der Waals surface area contributed by atoms with Crippen molar-refractivity contribution in [2.75, 3.05) is 9.80 Å². The number of anilines is 4. The smallest absolute Gasteiger partial charge is 0.193 e. The standard InChI is InChI=1S/C62H42N2O2S2/c65-61(39-15-3-1-4-16-39)41-27-31-45-46-32-28-42(62(66)40-17-5-2-6-18-40)36-50(46)52-38-44(64-55-21-9-13-25-59(55)68-60-26-14-10-22-56(60)64)30-34-48(52)47-33-29-43(37-51(47)49(45)35-41)63-53-19-7-11-23-57(53)67-58-24-12-8-20-54(58)63/h1-38,53,55,57,59H. The average molecular weight is 911 g/mol. The van der Waals surface area contributed by atoms with Gasteiger partial charge in [-0.1, -0.05) is 170 Å². The van der Waals surface area contributed by atoms with E-state index >= 15 is 0 Å². The third-order valence-electron chi connectivity index (χ3n) is 13.8. The number of hydrogen-bond donors (Lipinski definition) is 0. The van der Waals surface area contributed by atoms with Gasteiger partial charge in [-0.15, -0.1) is 23.5 Å². The topological polar surface area (TPSA) is 40.6 Å². The van der Waals surface area contributed by atoms with E-state index in [0.717, 1.165) is 55.9 Å². The van der Waals surface area contributed by atoms with Crippen LogP contribution in [0.4, 0.5) is 22.7 Å². The maximum Gasteiger partial charge on any atom is 0.193 e. The molecule has 6 heteroatoms. The van der Waals surface area contributed by atoms with Crippen molar-refractivity contribution in [2.24, 2.45) is 0 Å². The third-order valence-corrected chi connectivity index (χ3v) is 16.5. The molecule has 0 bridgehead atoms. The van der Waals surface area contributed by atoms with Crippen LogP contribution in [0.3, 0.4) is 0 Å². The Kier molecular flexibility index (Phi) is 9.92. The molecule has 0 N–H and O–H groups in total. The molecule has 0 fully saturated rings. The van der Waals surface area contributed by atoms with Gasteiger partial charge in [-0.3, -0.25) is 9.59 Å². The Bertz CT molecular complexity index is 3270. The highest BCUT2D eigenvalue weighted by Gasteiger charge is 2.37. The van der Waals surface area contributed by atoms with Crippen LogP contribution in [0.1, 0.15) is 31.8 Å². The molecule has 2 aliphatic heterocycles. The number of fused-ring (bicyclic) bond motifs is 12. The second-order valence-electron chi connectivity index (χ2n) is 17.7. The summed E-state index contributed by atoms with van der Waals surface area (Å²) in [7, 11) is 0. The number of thioether (sulfide) groups is 2. The fourth-order valence-corrected chi connectivity index (χ4v) is 13.2. The van der Waals surface area contributed by atoms with Gasteiger partial charge in [0.05, 0.1) is 34.0 Å². The number of allylic oxidation sites excluding steroid dienone is 4. The lowest BCUT2D eigenvalue weighted by Gasteiger charge is -2.42. The van der Waals surface area contributed by atoms with Gasteiger partial charge >= 0.3 is 0 Å². The summed E-state index contributed by atoms with van der Waals surface area (Å²) in [5.41, 5.74) is 15.1. The molecular formula is C62H42N2O2S2. The number of para-hydroxylation sites is 2. The second kappa shape index (κ2) is 16.6. The van der Waals surface area contributed by atoms with Crippen LogP contribution in [0.15, 0.2) is 240 Å².